The number of carbonyl (C=O) groups is 2. The fraction of sp³-hybridized carbons (Fsp3) is 0.500. The van der Waals surface area contributed by atoms with Gasteiger partial charge in [-0.1, -0.05) is 23.2 Å². The van der Waals surface area contributed by atoms with Crippen LogP contribution in [0.4, 0.5) is 8.78 Å². The summed E-state index contributed by atoms with van der Waals surface area (Å²) in [4.78, 5) is 28.0. The normalized spacial score (nSPS) is 22.1. The van der Waals surface area contributed by atoms with Crippen molar-refractivity contribution in [3.8, 4) is 0 Å². The summed E-state index contributed by atoms with van der Waals surface area (Å²) in [5, 5.41) is 3.31. The first-order valence-corrected chi connectivity index (χ1v) is 8.66. The molecule has 1 unspecified atom stereocenters. The summed E-state index contributed by atoms with van der Waals surface area (Å²) >= 11 is 11.8. The number of nitrogens with zero attached hydrogens (tertiary/aromatic N) is 2. The molecule has 0 radical (unpaired) electrons. The summed E-state index contributed by atoms with van der Waals surface area (Å²) in [6.07, 6.45) is -0.480. The number of piperazine rings is 1. The molecule has 0 aromatic heterocycles. The van der Waals surface area contributed by atoms with Gasteiger partial charge in [-0.15, -0.1) is 12.4 Å². The first-order valence-electron chi connectivity index (χ1n) is 7.90. The molecule has 0 spiro atoms. The van der Waals surface area contributed by atoms with Crippen LogP contribution in [-0.2, 0) is 4.79 Å². The van der Waals surface area contributed by atoms with E-state index < -0.39 is 24.9 Å². The van der Waals surface area contributed by atoms with Gasteiger partial charge in [0.1, 0.15) is 0 Å². The Labute approximate surface area is 166 Å². The van der Waals surface area contributed by atoms with Crippen molar-refractivity contribution in [2.45, 2.75) is 18.4 Å². The lowest BCUT2D eigenvalue weighted by Crippen LogP contribution is -2.54. The van der Waals surface area contributed by atoms with Gasteiger partial charge >= 0.3 is 0 Å². The van der Waals surface area contributed by atoms with Crippen molar-refractivity contribution in [1.82, 2.24) is 15.1 Å². The second kappa shape index (κ2) is 8.25. The van der Waals surface area contributed by atoms with E-state index in [1.165, 1.54) is 17.0 Å². The molecule has 1 aromatic rings. The van der Waals surface area contributed by atoms with Crippen LogP contribution in [0.3, 0.4) is 0 Å². The molecule has 1 atom stereocenters. The van der Waals surface area contributed by atoms with Gasteiger partial charge in [-0.05, 0) is 18.2 Å². The van der Waals surface area contributed by atoms with Crippen molar-refractivity contribution in [2.75, 3.05) is 32.7 Å². The number of benzene rings is 1. The Kier molecular flexibility index (Phi) is 6.71. The lowest BCUT2D eigenvalue weighted by atomic mass is 10.1. The Bertz CT molecular complexity index is 677. The van der Waals surface area contributed by atoms with Crippen molar-refractivity contribution in [1.29, 1.82) is 0 Å². The largest absolute Gasteiger partial charge is 0.338 e. The standard InChI is InChI=1S/C16H17Cl2F2N3O2.ClH/c17-11-5-10(6-12(18)7-11)14(24)22-1-3-23(4-2-22)15(25)13-8-16(19,20)9-21-13;/h5-7,13,21H,1-4,8-9H2;1H. The van der Waals surface area contributed by atoms with E-state index in [4.69, 9.17) is 23.2 Å². The number of nitrogens with one attached hydrogen (secondary N) is 1. The molecule has 10 heteroatoms. The van der Waals surface area contributed by atoms with Crippen LogP contribution in [0, 0.1) is 0 Å². The average Bonchev–Trinajstić information content (AvgIpc) is 2.93. The van der Waals surface area contributed by atoms with Gasteiger partial charge in [-0.2, -0.15) is 0 Å². The van der Waals surface area contributed by atoms with Gasteiger partial charge in [0, 0.05) is 48.2 Å². The Morgan fingerprint density at radius 1 is 1.04 bits per heavy atom. The van der Waals surface area contributed by atoms with Crippen molar-refractivity contribution in [3.05, 3.63) is 33.8 Å². The summed E-state index contributed by atoms with van der Waals surface area (Å²) in [6, 6.07) is 3.76. The van der Waals surface area contributed by atoms with Gasteiger partial charge in [0.25, 0.3) is 11.8 Å². The van der Waals surface area contributed by atoms with Crippen molar-refractivity contribution in [3.63, 3.8) is 0 Å². The molecule has 144 valence electrons. The zero-order chi connectivity index (χ0) is 18.2. The topological polar surface area (TPSA) is 52.7 Å². The quantitative estimate of drug-likeness (QED) is 0.788. The number of halogens is 5. The van der Waals surface area contributed by atoms with E-state index in [-0.39, 0.29) is 24.2 Å². The molecular weight excluding hydrogens is 411 g/mol. The minimum atomic E-state index is -2.84. The summed E-state index contributed by atoms with van der Waals surface area (Å²) in [5.41, 5.74) is 0.384. The molecule has 1 N–H and O–H groups in total. The van der Waals surface area contributed by atoms with Crippen molar-refractivity contribution in [2.24, 2.45) is 0 Å². The van der Waals surface area contributed by atoms with E-state index in [1.807, 2.05) is 0 Å². The Balaban J connectivity index is 0.00000243. The van der Waals surface area contributed by atoms with E-state index in [9.17, 15) is 18.4 Å². The number of hydrogen-bond acceptors (Lipinski definition) is 3. The number of amides is 2. The maximum absolute atomic E-state index is 13.2. The third-order valence-corrected chi connectivity index (χ3v) is 4.83. The zero-order valence-electron chi connectivity index (χ0n) is 13.7. The highest BCUT2D eigenvalue weighted by Crippen LogP contribution is 2.26. The molecule has 2 amide bonds. The molecule has 2 heterocycles. The molecule has 0 saturated carbocycles. The van der Waals surface area contributed by atoms with Crippen molar-refractivity contribution >= 4 is 47.4 Å². The van der Waals surface area contributed by atoms with E-state index in [2.05, 4.69) is 5.32 Å². The summed E-state index contributed by atoms with van der Waals surface area (Å²) in [7, 11) is 0. The van der Waals surface area contributed by atoms with Gasteiger partial charge in [0.15, 0.2) is 0 Å². The summed E-state index contributed by atoms with van der Waals surface area (Å²) in [5.74, 6) is -3.40. The van der Waals surface area contributed by atoms with E-state index in [0.717, 1.165) is 0 Å². The first kappa shape index (κ1) is 21.2. The Morgan fingerprint density at radius 3 is 2.08 bits per heavy atom. The van der Waals surface area contributed by atoms with E-state index in [1.54, 1.807) is 11.0 Å². The number of rotatable bonds is 2. The smallest absolute Gasteiger partial charge is 0.262 e. The van der Waals surface area contributed by atoms with Crippen LogP contribution >= 0.6 is 35.6 Å². The fourth-order valence-corrected chi connectivity index (χ4v) is 3.63. The van der Waals surface area contributed by atoms with Crippen LogP contribution in [0.5, 0.6) is 0 Å². The van der Waals surface area contributed by atoms with Crippen molar-refractivity contribution < 1.29 is 18.4 Å². The lowest BCUT2D eigenvalue weighted by Gasteiger charge is -2.36. The van der Waals surface area contributed by atoms with Gasteiger partial charge in [-0.3, -0.25) is 14.9 Å². The third-order valence-electron chi connectivity index (χ3n) is 4.40. The van der Waals surface area contributed by atoms with Gasteiger partial charge < -0.3 is 9.80 Å². The minimum absolute atomic E-state index is 0. The molecule has 2 aliphatic rings. The minimum Gasteiger partial charge on any atom is -0.338 e. The molecule has 2 saturated heterocycles. The van der Waals surface area contributed by atoms with Gasteiger partial charge in [0.2, 0.25) is 5.91 Å². The number of alkyl halides is 2. The van der Waals surface area contributed by atoms with Crippen LogP contribution in [0.15, 0.2) is 18.2 Å². The predicted octanol–water partition coefficient (Wildman–Crippen LogP) is 2.70. The molecule has 0 bridgehead atoms. The monoisotopic (exact) mass is 427 g/mol. The van der Waals surface area contributed by atoms with E-state index in [0.29, 0.717) is 41.8 Å². The highest BCUT2D eigenvalue weighted by Gasteiger charge is 2.43. The highest BCUT2D eigenvalue weighted by molar-refractivity contribution is 6.35. The second-order valence-electron chi connectivity index (χ2n) is 6.27. The lowest BCUT2D eigenvalue weighted by molar-refractivity contribution is -0.135. The Morgan fingerprint density at radius 2 is 1.58 bits per heavy atom. The molecule has 5 nitrogen and oxygen atoms in total. The first-order chi connectivity index (χ1) is 11.7. The van der Waals surface area contributed by atoms with Gasteiger partial charge in [0.05, 0.1) is 12.6 Å². The molecular formula is C16H18Cl3F2N3O2. The molecule has 2 aliphatic heterocycles. The van der Waals surface area contributed by atoms with Crippen LogP contribution < -0.4 is 5.32 Å². The highest BCUT2D eigenvalue weighted by atomic mass is 35.5. The second-order valence-corrected chi connectivity index (χ2v) is 7.14. The molecule has 3 rings (SSSR count). The van der Waals surface area contributed by atoms with Crippen LogP contribution in [-0.4, -0.2) is 66.3 Å². The van der Waals surface area contributed by atoms with Crippen LogP contribution in [0.1, 0.15) is 16.8 Å². The third kappa shape index (κ3) is 4.76. The SMILES string of the molecule is Cl.O=C(c1cc(Cl)cc(Cl)c1)N1CCN(C(=O)C2CC(F)(F)CN2)CC1. The molecule has 2 fully saturated rings. The van der Waals surface area contributed by atoms with Gasteiger partial charge in [-0.25, -0.2) is 8.78 Å². The Hall–Kier alpha value is -1.15. The molecule has 1 aromatic carbocycles. The maximum Gasteiger partial charge on any atom is 0.262 e. The molecule has 26 heavy (non-hydrogen) atoms. The zero-order valence-corrected chi connectivity index (χ0v) is 16.0. The fourth-order valence-electron chi connectivity index (χ4n) is 3.10. The number of hydrogen-bond donors (Lipinski definition) is 1. The van der Waals surface area contributed by atoms with Crippen LogP contribution in [0.2, 0.25) is 10.0 Å². The predicted molar refractivity (Wildman–Crippen MR) is 97.5 cm³/mol. The van der Waals surface area contributed by atoms with E-state index >= 15 is 0 Å². The summed E-state index contributed by atoms with van der Waals surface area (Å²) < 4.78 is 26.5. The summed E-state index contributed by atoms with van der Waals surface area (Å²) in [6.45, 7) is 0.804. The maximum atomic E-state index is 13.2. The number of carbonyl (C=O) groups excluding carboxylic acids is 2. The molecule has 0 aliphatic carbocycles. The average molecular weight is 429 g/mol. The van der Waals surface area contributed by atoms with Crippen LogP contribution in [0.25, 0.3) is 0 Å².